The van der Waals surface area contributed by atoms with Crippen LogP contribution in [0.5, 0.6) is 5.75 Å². The summed E-state index contributed by atoms with van der Waals surface area (Å²) in [6, 6.07) is 12.6. The van der Waals surface area contributed by atoms with Crippen LogP contribution in [0.25, 0.3) is 5.76 Å². The van der Waals surface area contributed by atoms with Gasteiger partial charge in [-0.15, -0.1) is 0 Å². The molecule has 1 N–H and O–H groups in total. The van der Waals surface area contributed by atoms with Crippen LogP contribution >= 0.6 is 0 Å². The Morgan fingerprint density at radius 2 is 1.66 bits per heavy atom. The van der Waals surface area contributed by atoms with Gasteiger partial charge in [-0.25, -0.2) is 13.2 Å². The lowest BCUT2D eigenvalue weighted by atomic mass is 9.95. The first-order chi connectivity index (χ1) is 16.7. The van der Waals surface area contributed by atoms with Crippen molar-refractivity contribution in [3.8, 4) is 5.75 Å². The number of Topliss-reactive ketones (excluding diaryl/α,β-unsaturated/α-hetero) is 1. The molecule has 35 heavy (non-hydrogen) atoms. The van der Waals surface area contributed by atoms with Gasteiger partial charge in [0.2, 0.25) is 0 Å². The summed E-state index contributed by atoms with van der Waals surface area (Å²) in [6.45, 7) is 4.37. The van der Waals surface area contributed by atoms with Crippen LogP contribution in [0.2, 0.25) is 0 Å². The summed E-state index contributed by atoms with van der Waals surface area (Å²) < 4.78 is 47.6. The van der Waals surface area contributed by atoms with Crippen LogP contribution in [0.1, 0.15) is 31.0 Å². The standard InChI is InChI=1S/C27H22F3NO4/c1-15(2)14-35-20-5-3-4-17(12-20)25(32)23-24(16-6-8-18(28)9-7-16)31(27(34)26(23)33)22-11-10-19(29)13-21(22)30/h3-13,15,24,32H,14H2,1-2H3/b25-23+. The van der Waals surface area contributed by atoms with Crippen molar-refractivity contribution in [3.63, 3.8) is 0 Å². The number of benzene rings is 3. The number of amides is 1. The first-order valence-electron chi connectivity index (χ1n) is 10.9. The van der Waals surface area contributed by atoms with Gasteiger partial charge in [-0.05, 0) is 47.9 Å². The van der Waals surface area contributed by atoms with Crippen LogP contribution in [-0.4, -0.2) is 23.4 Å². The van der Waals surface area contributed by atoms with Crippen molar-refractivity contribution >= 4 is 23.1 Å². The molecule has 1 saturated heterocycles. The van der Waals surface area contributed by atoms with E-state index in [0.717, 1.165) is 29.2 Å². The lowest BCUT2D eigenvalue weighted by Crippen LogP contribution is -2.30. The molecule has 1 unspecified atom stereocenters. The molecular formula is C27H22F3NO4. The quantitative estimate of drug-likeness (QED) is 0.276. The zero-order valence-corrected chi connectivity index (χ0v) is 19.0. The first kappa shape index (κ1) is 24.1. The largest absolute Gasteiger partial charge is 0.507 e. The molecule has 0 aromatic heterocycles. The Labute approximate surface area is 200 Å². The molecule has 0 saturated carbocycles. The summed E-state index contributed by atoms with van der Waals surface area (Å²) in [5.74, 6) is -4.47. The maximum atomic E-state index is 14.7. The number of aliphatic hydroxyl groups excluding tert-OH is 1. The fourth-order valence-electron chi connectivity index (χ4n) is 3.87. The fraction of sp³-hybridized carbons (Fsp3) is 0.185. The highest BCUT2D eigenvalue weighted by Gasteiger charge is 2.47. The van der Waals surface area contributed by atoms with Gasteiger partial charge in [0.1, 0.15) is 29.0 Å². The summed E-state index contributed by atoms with van der Waals surface area (Å²) in [5.41, 5.74) is -0.207. The molecule has 0 radical (unpaired) electrons. The molecule has 3 aromatic carbocycles. The lowest BCUT2D eigenvalue weighted by molar-refractivity contribution is -0.132. The minimum atomic E-state index is -1.28. The summed E-state index contributed by atoms with van der Waals surface area (Å²) >= 11 is 0. The number of rotatable bonds is 6. The summed E-state index contributed by atoms with van der Waals surface area (Å²) in [4.78, 5) is 27.0. The number of aliphatic hydroxyl groups is 1. The Hall–Kier alpha value is -4.07. The van der Waals surface area contributed by atoms with E-state index in [1.54, 1.807) is 12.1 Å². The molecule has 0 aliphatic carbocycles. The molecule has 0 bridgehead atoms. The second-order valence-electron chi connectivity index (χ2n) is 8.55. The Bertz CT molecular complexity index is 1320. The molecule has 1 fully saturated rings. The first-order valence-corrected chi connectivity index (χ1v) is 10.9. The Balaban J connectivity index is 1.88. The highest BCUT2D eigenvalue weighted by Crippen LogP contribution is 2.43. The average molecular weight is 481 g/mol. The van der Waals surface area contributed by atoms with Crippen LogP contribution in [0.15, 0.2) is 72.3 Å². The lowest BCUT2D eigenvalue weighted by Gasteiger charge is -2.25. The van der Waals surface area contributed by atoms with Gasteiger partial charge in [0.15, 0.2) is 0 Å². The van der Waals surface area contributed by atoms with E-state index < -0.39 is 40.9 Å². The second-order valence-corrected chi connectivity index (χ2v) is 8.55. The van der Waals surface area contributed by atoms with Crippen molar-refractivity contribution in [2.24, 2.45) is 5.92 Å². The van der Waals surface area contributed by atoms with E-state index >= 15 is 0 Å². The van der Waals surface area contributed by atoms with Crippen molar-refractivity contribution in [2.45, 2.75) is 19.9 Å². The van der Waals surface area contributed by atoms with Crippen LogP contribution in [0.4, 0.5) is 18.9 Å². The fourth-order valence-corrected chi connectivity index (χ4v) is 3.87. The number of halogens is 3. The van der Waals surface area contributed by atoms with Gasteiger partial charge >= 0.3 is 0 Å². The van der Waals surface area contributed by atoms with E-state index in [4.69, 9.17) is 4.74 Å². The van der Waals surface area contributed by atoms with E-state index in [0.29, 0.717) is 18.4 Å². The third-order valence-electron chi connectivity index (χ3n) is 5.49. The smallest absolute Gasteiger partial charge is 0.300 e. The van der Waals surface area contributed by atoms with E-state index in [1.165, 1.54) is 24.3 Å². The number of ketones is 1. The Kier molecular flexibility index (Phi) is 6.64. The monoisotopic (exact) mass is 481 g/mol. The van der Waals surface area contributed by atoms with E-state index in [9.17, 15) is 27.9 Å². The molecule has 8 heteroatoms. The van der Waals surface area contributed by atoms with Crippen molar-refractivity contribution in [1.82, 2.24) is 0 Å². The normalized spacial score (nSPS) is 17.3. The van der Waals surface area contributed by atoms with Crippen LogP contribution in [0, 0.1) is 23.4 Å². The van der Waals surface area contributed by atoms with Crippen LogP contribution in [-0.2, 0) is 9.59 Å². The average Bonchev–Trinajstić information content (AvgIpc) is 3.08. The molecule has 1 atom stereocenters. The van der Waals surface area contributed by atoms with Gasteiger partial charge in [0.25, 0.3) is 11.7 Å². The summed E-state index contributed by atoms with van der Waals surface area (Å²) in [5, 5.41) is 11.2. The number of hydrogen-bond donors (Lipinski definition) is 1. The minimum absolute atomic E-state index is 0.205. The SMILES string of the molecule is CC(C)COc1cccc(/C(O)=C2\C(=O)C(=O)N(c3ccc(F)cc3F)C2c2ccc(F)cc2)c1. The van der Waals surface area contributed by atoms with Gasteiger partial charge in [0.05, 0.1) is 23.9 Å². The Morgan fingerprint density at radius 3 is 2.31 bits per heavy atom. The van der Waals surface area contributed by atoms with Gasteiger partial charge in [0, 0.05) is 11.6 Å². The summed E-state index contributed by atoms with van der Waals surface area (Å²) in [7, 11) is 0. The van der Waals surface area contributed by atoms with Crippen LogP contribution < -0.4 is 9.64 Å². The van der Waals surface area contributed by atoms with Gasteiger partial charge in [-0.2, -0.15) is 0 Å². The van der Waals surface area contributed by atoms with Crippen molar-refractivity contribution in [2.75, 3.05) is 11.5 Å². The Morgan fingerprint density at radius 1 is 0.971 bits per heavy atom. The van der Waals surface area contributed by atoms with E-state index in [2.05, 4.69) is 0 Å². The molecule has 1 amide bonds. The molecule has 5 nitrogen and oxygen atoms in total. The number of nitrogens with zero attached hydrogens (tertiary/aromatic N) is 1. The van der Waals surface area contributed by atoms with Gasteiger partial charge in [-0.3, -0.25) is 14.5 Å². The number of hydrogen-bond acceptors (Lipinski definition) is 4. The number of carbonyl (C=O) groups is 2. The topological polar surface area (TPSA) is 66.8 Å². The maximum Gasteiger partial charge on any atom is 0.300 e. The zero-order chi connectivity index (χ0) is 25.3. The van der Waals surface area contributed by atoms with Gasteiger partial charge < -0.3 is 9.84 Å². The highest BCUT2D eigenvalue weighted by molar-refractivity contribution is 6.51. The predicted octanol–water partition coefficient (Wildman–Crippen LogP) is 5.77. The third kappa shape index (κ3) is 4.77. The predicted molar refractivity (Wildman–Crippen MR) is 124 cm³/mol. The molecule has 0 spiro atoms. The summed E-state index contributed by atoms with van der Waals surface area (Å²) in [6.07, 6.45) is 0. The number of anilines is 1. The molecule has 1 heterocycles. The van der Waals surface area contributed by atoms with Crippen molar-refractivity contribution in [1.29, 1.82) is 0 Å². The molecule has 1 aliphatic rings. The molecule has 4 rings (SSSR count). The second kappa shape index (κ2) is 9.66. The van der Waals surface area contributed by atoms with E-state index in [1.807, 2.05) is 13.8 Å². The van der Waals surface area contributed by atoms with E-state index in [-0.39, 0.29) is 28.3 Å². The molecule has 180 valence electrons. The molecule has 1 aliphatic heterocycles. The van der Waals surface area contributed by atoms with Crippen LogP contribution in [0.3, 0.4) is 0 Å². The van der Waals surface area contributed by atoms with Crippen molar-refractivity contribution < 1.29 is 32.6 Å². The number of carbonyl (C=O) groups excluding carboxylic acids is 2. The molecular weight excluding hydrogens is 459 g/mol. The van der Waals surface area contributed by atoms with Gasteiger partial charge in [-0.1, -0.05) is 38.1 Å². The molecule has 3 aromatic rings. The third-order valence-corrected chi connectivity index (χ3v) is 5.49. The van der Waals surface area contributed by atoms with Crippen molar-refractivity contribution in [3.05, 3.63) is 101 Å². The maximum absolute atomic E-state index is 14.7. The highest BCUT2D eigenvalue weighted by atomic mass is 19.1. The zero-order valence-electron chi connectivity index (χ0n) is 19.0. The number of ether oxygens (including phenoxy) is 1. The minimum Gasteiger partial charge on any atom is -0.507 e.